The number of unbranched alkanes of at least 4 members (excludes halogenated alkanes) is 1. The van der Waals surface area contributed by atoms with Crippen molar-refractivity contribution >= 4 is 33.4 Å². The molecular formula is C23H24N2O6S. The number of esters is 1. The average Bonchev–Trinajstić information content (AvgIpc) is 3.37. The SMILES string of the molecule is CCCCOc1cccc(C(=O)N=c2sc3cc4c(cc3n2CC(=O)OCC)OCO4)c1. The number of thiazole rings is 1. The van der Waals surface area contributed by atoms with Crippen LogP contribution in [0.5, 0.6) is 17.2 Å². The number of rotatable bonds is 8. The molecule has 0 radical (unpaired) electrons. The molecule has 3 aromatic rings. The lowest BCUT2D eigenvalue weighted by Crippen LogP contribution is -2.23. The molecule has 1 amide bonds. The third-order valence-electron chi connectivity index (χ3n) is 4.81. The van der Waals surface area contributed by atoms with Crippen LogP contribution in [0.1, 0.15) is 37.0 Å². The van der Waals surface area contributed by atoms with Crippen molar-refractivity contribution in [1.82, 2.24) is 4.57 Å². The van der Waals surface area contributed by atoms with Gasteiger partial charge < -0.3 is 23.5 Å². The van der Waals surface area contributed by atoms with Crippen molar-refractivity contribution in [2.24, 2.45) is 4.99 Å². The third kappa shape index (κ3) is 4.77. The predicted octanol–water partition coefficient (Wildman–Crippen LogP) is 3.91. The fraction of sp³-hybridized carbons (Fsp3) is 0.348. The predicted molar refractivity (Wildman–Crippen MR) is 119 cm³/mol. The number of nitrogens with zero attached hydrogens (tertiary/aromatic N) is 2. The molecule has 9 heteroatoms. The Balaban J connectivity index is 1.71. The first-order chi connectivity index (χ1) is 15.6. The molecule has 8 nitrogen and oxygen atoms in total. The van der Waals surface area contributed by atoms with E-state index >= 15 is 0 Å². The maximum atomic E-state index is 12.9. The first-order valence-electron chi connectivity index (χ1n) is 10.5. The van der Waals surface area contributed by atoms with E-state index in [-0.39, 0.29) is 19.9 Å². The largest absolute Gasteiger partial charge is 0.494 e. The molecule has 0 unspecified atom stereocenters. The first-order valence-corrected chi connectivity index (χ1v) is 11.3. The van der Waals surface area contributed by atoms with Crippen molar-refractivity contribution in [1.29, 1.82) is 0 Å². The Morgan fingerprint density at radius 1 is 1.16 bits per heavy atom. The van der Waals surface area contributed by atoms with E-state index in [9.17, 15) is 9.59 Å². The summed E-state index contributed by atoms with van der Waals surface area (Å²) in [6.45, 7) is 4.78. The van der Waals surface area contributed by atoms with Crippen LogP contribution in [0.2, 0.25) is 0 Å². The molecular weight excluding hydrogens is 432 g/mol. The molecule has 0 atom stereocenters. The minimum absolute atomic E-state index is 0.0697. The van der Waals surface area contributed by atoms with Crippen molar-refractivity contribution < 1.29 is 28.5 Å². The molecule has 2 heterocycles. The van der Waals surface area contributed by atoms with E-state index in [0.717, 1.165) is 23.1 Å². The Labute approximate surface area is 189 Å². The molecule has 0 spiro atoms. The van der Waals surface area contributed by atoms with Crippen LogP contribution >= 0.6 is 11.3 Å². The number of amides is 1. The summed E-state index contributed by atoms with van der Waals surface area (Å²) < 4.78 is 24.2. The van der Waals surface area contributed by atoms with Gasteiger partial charge in [-0.3, -0.25) is 9.59 Å². The Kier molecular flexibility index (Phi) is 6.75. The molecule has 0 saturated heterocycles. The number of aromatic nitrogens is 1. The number of carbonyl (C=O) groups is 2. The molecule has 0 saturated carbocycles. The lowest BCUT2D eigenvalue weighted by molar-refractivity contribution is -0.143. The summed E-state index contributed by atoms with van der Waals surface area (Å²) in [5.74, 6) is 1.00. The van der Waals surface area contributed by atoms with E-state index < -0.39 is 11.9 Å². The molecule has 32 heavy (non-hydrogen) atoms. The van der Waals surface area contributed by atoms with E-state index in [0.29, 0.717) is 34.2 Å². The topological polar surface area (TPSA) is 88.4 Å². The number of fused-ring (bicyclic) bond motifs is 2. The van der Waals surface area contributed by atoms with Gasteiger partial charge in [-0.2, -0.15) is 4.99 Å². The summed E-state index contributed by atoms with van der Waals surface area (Å²) in [5.41, 5.74) is 1.13. The fourth-order valence-electron chi connectivity index (χ4n) is 3.24. The summed E-state index contributed by atoms with van der Waals surface area (Å²) in [5, 5.41) is 0. The lowest BCUT2D eigenvalue weighted by Gasteiger charge is -2.06. The molecule has 168 valence electrons. The van der Waals surface area contributed by atoms with Gasteiger partial charge >= 0.3 is 5.97 Å². The molecule has 2 aromatic carbocycles. The highest BCUT2D eigenvalue weighted by Crippen LogP contribution is 2.37. The first kappa shape index (κ1) is 21.9. The van der Waals surface area contributed by atoms with Crippen LogP contribution in [0.15, 0.2) is 41.4 Å². The van der Waals surface area contributed by atoms with Gasteiger partial charge in [0.1, 0.15) is 12.3 Å². The second kappa shape index (κ2) is 9.86. The monoisotopic (exact) mass is 456 g/mol. The molecule has 1 aliphatic heterocycles. The zero-order chi connectivity index (χ0) is 22.5. The van der Waals surface area contributed by atoms with Gasteiger partial charge in [-0.1, -0.05) is 30.7 Å². The Hall–Kier alpha value is -3.33. The minimum Gasteiger partial charge on any atom is -0.494 e. The molecule has 0 fully saturated rings. The van der Waals surface area contributed by atoms with Crippen LogP contribution in [0.4, 0.5) is 0 Å². The highest BCUT2D eigenvalue weighted by molar-refractivity contribution is 7.16. The Morgan fingerprint density at radius 3 is 2.75 bits per heavy atom. The third-order valence-corrected chi connectivity index (χ3v) is 5.86. The van der Waals surface area contributed by atoms with E-state index in [2.05, 4.69) is 11.9 Å². The fourth-order valence-corrected chi connectivity index (χ4v) is 4.28. The van der Waals surface area contributed by atoms with Crippen LogP contribution in [0, 0.1) is 0 Å². The molecule has 0 aliphatic carbocycles. The van der Waals surface area contributed by atoms with E-state index in [1.807, 2.05) is 12.1 Å². The average molecular weight is 457 g/mol. The molecule has 0 N–H and O–H groups in total. The summed E-state index contributed by atoms with van der Waals surface area (Å²) in [7, 11) is 0. The summed E-state index contributed by atoms with van der Waals surface area (Å²) >= 11 is 1.29. The Morgan fingerprint density at radius 2 is 1.97 bits per heavy atom. The van der Waals surface area contributed by atoms with Crippen molar-refractivity contribution in [2.45, 2.75) is 33.2 Å². The van der Waals surface area contributed by atoms with Gasteiger partial charge in [-0.25, -0.2) is 0 Å². The van der Waals surface area contributed by atoms with Crippen molar-refractivity contribution in [2.75, 3.05) is 20.0 Å². The summed E-state index contributed by atoms with van der Waals surface area (Å²) in [6, 6.07) is 10.6. The van der Waals surface area contributed by atoms with Crippen LogP contribution in [-0.4, -0.2) is 36.5 Å². The number of hydrogen-bond donors (Lipinski definition) is 0. The molecule has 1 aromatic heterocycles. The number of benzene rings is 2. The van der Waals surface area contributed by atoms with Crippen LogP contribution in [-0.2, 0) is 16.1 Å². The summed E-state index contributed by atoms with van der Waals surface area (Å²) in [4.78, 5) is 29.9. The van der Waals surface area contributed by atoms with Gasteiger partial charge in [0.15, 0.2) is 16.3 Å². The minimum atomic E-state index is -0.421. The van der Waals surface area contributed by atoms with E-state index in [1.165, 1.54) is 11.3 Å². The normalized spacial score (nSPS) is 12.9. The highest BCUT2D eigenvalue weighted by Gasteiger charge is 2.19. The molecule has 4 rings (SSSR count). The summed E-state index contributed by atoms with van der Waals surface area (Å²) in [6.07, 6.45) is 1.97. The van der Waals surface area contributed by atoms with Gasteiger partial charge in [0, 0.05) is 17.7 Å². The van der Waals surface area contributed by atoms with Gasteiger partial charge in [-0.15, -0.1) is 0 Å². The lowest BCUT2D eigenvalue weighted by atomic mass is 10.2. The number of ether oxygens (including phenoxy) is 4. The van der Waals surface area contributed by atoms with Gasteiger partial charge in [0.2, 0.25) is 6.79 Å². The van der Waals surface area contributed by atoms with Gasteiger partial charge in [-0.05, 0) is 31.5 Å². The van der Waals surface area contributed by atoms with Crippen LogP contribution < -0.4 is 19.0 Å². The smallest absolute Gasteiger partial charge is 0.326 e. The standard InChI is InChI=1S/C23H24N2O6S/c1-3-5-9-29-16-8-6-7-15(10-16)22(27)24-23-25(13-21(26)28-4-2)17-11-18-19(31-14-30-18)12-20(17)32-23/h6-8,10-12H,3-5,9,13-14H2,1-2H3. The number of hydrogen-bond acceptors (Lipinski definition) is 7. The highest BCUT2D eigenvalue weighted by atomic mass is 32.1. The second-order valence-corrected chi connectivity index (χ2v) is 8.10. The zero-order valence-corrected chi connectivity index (χ0v) is 18.8. The molecule has 1 aliphatic rings. The second-order valence-electron chi connectivity index (χ2n) is 7.10. The number of carbonyl (C=O) groups excluding carboxylic acids is 2. The quantitative estimate of drug-likeness (QED) is 0.377. The maximum absolute atomic E-state index is 12.9. The maximum Gasteiger partial charge on any atom is 0.326 e. The van der Waals surface area contributed by atoms with Crippen LogP contribution in [0.3, 0.4) is 0 Å². The van der Waals surface area contributed by atoms with Gasteiger partial charge in [0.05, 0.1) is 23.4 Å². The molecule has 0 bridgehead atoms. The van der Waals surface area contributed by atoms with Crippen LogP contribution in [0.25, 0.3) is 10.2 Å². The van der Waals surface area contributed by atoms with Crippen molar-refractivity contribution in [3.63, 3.8) is 0 Å². The van der Waals surface area contributed by atoms with E-state index in [4.69, 9.17) is 18.9 Å². The van der Waals surface area contributed by atoms with Gasteiger partial charge in [0.25, 0.3) is 5.91 Å². The Bertz CT molecular complexity index is 1210. The van der Waals surface area contributed by atoms with E-state index in [1.54, 1.807) is 35.8 Å². The zero-order valence-electron chi connectivity index (χ0n) is 18.0. The van der Waals surface area contributed by atoms with Crippen molar-refractivity contribution in [3.05, 3.63) is 46.8 Å². The van der Waals surface area contributed by atoms with Crippen molar-refractivity contribution in [3.8, 4) is 17.2 Å².